The van der Waals surface area contributed by atoms with Crippen molar-refractivity contribution in [1.82, 2.24) is 0 Å². The third-order valence-electron chi connectivity index (χ3n) is 3.90. The molecule has 0 unspecified atom stereocenters. The van der Waals surface area contributed by atoms with E-state index in [9.17, 15) is 18.3 Å². The molecule has 3 rings (SSSR count). The van der Waals surface area contributed by atoms with Crippen LogP contribution < -0.4 is 14.7 Å². The monoisotopic (exact) mass is 409 g/mol. The highest BCUT2D eigenvalue weighted by Gasteiger charge is 2.16. The van der Waals surface area contributed by atoms with Crippen LogP contribution in [0.5, 0.6) is 5.75 Å². The number of anilines is 1. The van der Waals surface area contributed by atoms with E-state index in [2.05, 4.69) is 10.5 Å². The van der Waals surface area contributed by atoms with Gasteiger partial charge in [0.05, 0.1) is 17.9 Å². The number of carbonyl (C=O) groups is 1. The Bertz CT molecular complexity index is 1140. The number of aryl methyl sites for hydroxylation is 1. The molecule has 0 aliphatic rings. The molecular formula is C21H17N2O5S-. The first kappa shape index (κ1) is 20.1. The number of hydrazone groups is 1. The standard InChI is InChI=1S/C21H18N2O5S/c1-15-5-11-20(12-6-15)29(26,27)28-19-4-2-3-16(13-19)14-22-23-18-9-7-17(8-10-18)21(24)25/h2-14,23H,1H3,(H,24,25)/p-1/b22-14-. The van der Waals surface area contributed by atoms with Gasteiger partial charge in [-0.05, 0) is 54.4 Å². The summed E-state index contributed by atoms with van der Waals surface area (Å²) in [6, 6.07) is 18.7. The van der Waals surface area contributed by atoms with Gasteiger partial charge in [-0.25, -0.2) is 0 Å². The number of rotatable bonds is 7. The maximum atomic E-state index is 12.4. The van der Waals surface area contributed by atoms with E-state index in [0.717, 1.165) is 5.56 Å². The second-order valence-corrected chi connectivity index (χ2v) is 7.70. The van der Waals surface area contributed by atoms with Gasteiger partial charge in [0.25, 0.3) is 0 Å². The van der Waals surface area contributed by atoms with Crippen LogP contribution in [-0.4, -0.2) is 20.6 Å². The Morgan fingerprint density at radius 3 is 2.38 bits per heavy atom. The quantitative estimate of drug-likeness (QED) is 0.365. The van der Waals surface area contributed by atoms with Crippen LogP contribution in [-0.2, 0) is 10.1 Å². The average molecular weight is 409 g/mol. The lowest BCUT2D eigenvalue weighted by Crippen LogP contribution is -2.21. The minimum Gasteiger partial charge on any atom is -0.545 e. The van der Waals surface area contributed by atoms with Crippen molar-refractivity contribution < 1.29 is 22.5 Å². The molecule has 8 heteroatoms. The van der Waals surface area contributed by atoms with Crippen molar-refractivity contribution in [2.24, 2.45) is 5.10 Å². The zero-order chi connectivity index (χ0) is 20.9. The molecule has 0 aliphatic heterocycles. The van der Waals surface area contributed by atoms with Crippen LogP contribution in [0, 0.1) is 6.92 Å². The molecule has 0 saturated carbocycles. The van der Waals surface area contributed by atoms with Gasteiger partial charge in [0, 0.05) is 0 Å². The number of nitrogens with one attached hydrogen (secondary N) is 1. The van der Waals surface area contributed by atoms with Gasteiger partial charge in [-0.3, -0.25) is 5.43 Å². The molecule has 0 amide bonds. The summed E-state index contributed by atoms with van der Waals surface area (Å²) in [5.74, 6) is -1.09. The minimum absolute atomic E-state index is 0.0687. The lowest BCUT2D eigenvalue weighted by atomic mass is 10.2. The predicted octanol–water partition coefficient (Wildman–Crippen LogP) is 2.57. The Morgan fingerprint density at radius 2 is 1.72 bits per heavy atom. The molecule has 0 bridgehead atoms. The van der Waals surface area contributed by atoms with Crippen molar-refractivity contribution in [3.63, 3.8) is 0 Å². The van der Waals surface area contributed by atoms with Crippen LogP contribution >= 0.6 is 0 Å². The summed E-state index contributed by atoms with van der Waals surface area (Å²) in [4.78, 5) is 10.8. The number of nitrogens with zero attached hydrogens (tertiary/aromatic N) is 1. The molecule has 148 valence electrons. The first-order valence-electron chi connectivity index (χ1n) is 8.55. The normalized spacial score (nSPS) is 11.3. The third-order valence-corrected chi connectivity index (χ3v) is 5.16. The summed E-state index contributed by atoms with van der Waals surface area (Å²) in [6.07, 6.45) is 1.48. The molecule has 3 aromatic rings. The summed E-state index contributed by atoms with van der Waals surface area (Å²) in [6.45, 7) is 1.87. The average Bonchev–Trinajstić information content (AvgIpc) is 2.69. The molecule has 1 N–H and O–H groups in total. The summed E-state index contributed by atoms with van der Waals surface area (Å²) >= 11 is 0. The second kappa shape index (κ2) is 8.57. The fourth-order valence-electron chi connectivity index (χ4n) is 2.39. The summed E-state index contributed by atoms with van der Waals surface area (Å²) < 4.78 is 30.0. The van der Waals surface area contributed by atoms with Crippen LogP contribution in [0.1, 0.15) is 21.5 Å². The SMILES string of the molecule is Cc1ccc(S(=O)(=O)Oc2cccc(/C=N\Nc3ccc(C(=O)[O-])cc3)c2)cc1. The van der Waals surface area contributed by atoms with Crippen LogP contribution in [0.3, 0.4) is 0 Å². The number of carboxylic acids is 1. The lowest BCUT2D eigenvalue weighted by molar-refractivity contribution is -0.255. The van der Waals surface area contributed by atoms with Gasteiger partial charge in [-0.15, -0.1) is 0 Å². The molecular weight excluding hydrogens is 392 g/mol. The van der Waals surface area contributed by atoms with Crippen molar-refractivity contribution in [2.75, 3.05) is 5.43 Å². The minimum atomic E-state index is -3.93. The van der Waals surface area contributed by atoms with Gasteiger partial charge in [0.1, 0.15) is 10.6 Å². The third kappa shape index (κ3) is 5.43. The fraction of sp³-hybridized carbons (Fsp3) is 0.0476. The van der Waals surface area contributed by atoms with Crippen LogP contribution in [0.4, 0.5) is 5.69 Å². The Kier molecular flexibility index (Phi) is 5.94. The van der Waals surface area contributed by atoms with Crippen LogP contribution in [0.25, 0.3) is 0 Å². The Hall–Kier alpha value is -3.65. The molecule has 0 heterocycles. The maximum Gasteiger partial charge on any atom is 0.339 e. The predicted molar refractivity (Wildman–Crippen MR) is 107 cm³/mol. The van der Waals surface area contributed by atoms with Gasteiger partial charge >= 0.3 is 10.1 Å². The Balaban J connectivity index is 1.68. The van der Waals surface area contributed by atoms with Gasteiger partial charge in [0.2, 0.25) is 0 Å². The zero-order valence-electron chi connectivity index (χ0n) is 15.4. The van der Waals surface area contributed by atoms with Crippen molar-refractivity contribution in [3.05, 3.63) is 89.5 Å². The molecule has 0 spiro atoms. The van der Waals surface area contributed by atoms with E-state index in [1.807, 2.05) is 6.92 Å². The lowest BCUT2D eigenvalue weighted by Gasteiger charge is -2.08. The smallest absolute Gasteiger partial charge is 0.339 e. The van der Waals surface area contributed by atoms with Gasteiger partial charge in [-0.2, -0.15) is 13.5 Å². The van der Waals surface area contributed by atoms with E-state index in [1.165, 1.54) is 42.6 Å². The maximum absolute atomic E-state index is 12.4. The molecule has 0 aromatic heterocycles. The van der Waals surface area contributed by atoms with E-state index in [0.29, 0.717) is 11.3 Å². The fourth-order valence-corrected chi connectivity index (χ4v) is 3.31. The van der Waals surface area contributed by atoms with E-state index < -0.39 is 16.1 Å². The molecule has 0 atom stereocenters. The van der Waals surface area contributed by atoms with Gasteiger partial charge in [-0.1, -0.05) is 42.0 Å². The number of benzene rings is 3. The van der Waals surface area contributed by atoms with E-state index in [4.69, 9.17) is 4.18 Å². The van der Waals surface area contributed by atoms with Crippen molar-refractivity contribution in [3.8, 4) is 5.75 Å². The van der Waals surface area contributed by atoms with Crippen LogP contribution in [0.2, 0.25) is 0 Å². The second-order valence-electron chi connectivity index (χ2n) is 6.16. The van der Waals surface area contributed by atoms with E-state index in [1.54, 1.807) is 36.4 Å². The van der Waals surface area contributed by atoms with Crippen molar-refractivity contribution >= 4 is 28.0 Å². The molecule has 7 nitrogen and oxygen atoms in total. The van der Waals surface area contributed by atoms with E-state index >= 15 is 0 Å². The molecule has 3 aromatic carbocycles. The highest BCUT2D eigenvalue weighted by atomic mass is 32.2. The molecule has 0 fully saturated rings. The number of carbonyl (C=O) groups excluding carboxylic acids is 1. The topological polar surface area (TPSA) is 108 Å². The highest BCUT2D eigenvalue weighted by molar-refractivity contribution is 7.87. The van der Waals surface area contributed by atoms with Crippen molar-refractivity contribution in [1.29, 1.82) is 0 Å². The number of hydrogen-bond donors (Lipinski definition) is 1. The Morgan fingerprint density at radius 1 is 1.03 bits per heavy atom. The molecule has 29 heavy (non-hydrogen) atoms. The molecule has 0 saturated heterocycles. The highest BCUT2D eigenvalue weighted by Crippen LogP contribution is 2.20. The van der Waals surface area contributed by atoms with Gasteiger partial charge < -0.3 is 14.1 Å². The molecule has 0 aliphatic carbocycles. The number of hydrogen-bond acceptors (Lipinski definition) is 7. The molecule has 0 radical (unpaired) electrons. The first-order chi connectivity index (χ1) is 13.8. The summed E-state index contributed by atoms with van der Waals surface area (Å²) in [5, 5.41) is 14.8. The zero-order valence-corrected chi connectivity index (χ0v) is 16.2. The first-order valence-corrected chi connectivity index (χ1v) is 9.96. The largest absolute Gasteiger partial charge is 0.545 e. The Labute approximate surface area is 168 Å². The van der Waals surface area contributed by atoms with E-state index in [-0.39, 0.29) is 16.2 Å². The van der Waals surface area contributed by atoms with Crippen LogP contribution in [0.15, 0.2) is 82.8 Å². The van der Waals surface area contributed by atoms with Crippen molar-refractivity contribution in [2.45, 2.75) is 11.8 Å². The van der Waals surface area contributed by atoms with Gasteiger partial charge in [0.15, 0.2) is 0 Å². The number of aromatic carboxylic acids is 1. The summed E-state index contributed by atoms with van der Waals surface area (Å²) in [5.41, 5.74) is 4.97. The summed E-state index contributed by atoms with van der Waals surface area (Å²) in [7, 11) is -3.93. The number of carboxylic acid groups (broad SMARTS) is 1.